The standard InChI is InChI=1S/C13H18FN3OS/c14-10-1-2-12(15)11(9-10)13(18)16-3-4-17-5-7-19-8-6-17/h1-2,9H,3-8,15H2,(H,16,18). The van der Waals surface area contributed by atoms with Crippen LogP contribution in [-0.4, -0.2) is 48.5 Å². The van der Waals surface area contributed by atoms with Gasteiger partial charge in [0.25, 0.3) is 5.91 Å². The molecule has 0 bridgehead atoms. The summed E-state index contributed by atoms with van der Waals surface area (Å²) in [7, 11) is 0. The van der Waals surface area contributed by atoms with Crippen molar-refractivity contribution in [2.24, 2.45) is 0 Å². The zero-order valence-corrected chi connectivity index (χ0v) is 11.5. The summed E-state index contributed by atoms with van der Waals surface area (Å²) in [6.45, 7) is 3.49. The predicted octanol–water partition coefficient (Wildman–Crippen LogP) is 1.19. The summed E-state index contributed by atoms with van der Waals surface area (Å²) in [5.41, 5.74) is 6.17. The number of carbonyl (C=O) groups excluding carboxylic acids is 1. The zero-order chi connectivity index (χ0) is 13.7. The number of thioether (sulfide) groups is 1. The van der Waals surface area contributed by atoms with Crippen LogP contribution in [0.15, 0.2) is 18.2 Å². The maximum atomic E-state index is 13.1. The third-order valence-corrected chi connectivity index (χ3v) is 4.02. The number of hydrogen-bond acceptors (Lipinski definition) is 4. The lowest BCUT2D eigenvalue weighted by Gasteiger charge is -2.26. The minimum atomic E-state index is -0.451. The van der Waals surface area contributed by atoms with Crippen LogP contribution in [0, 0.1) is 5.82 Å². The van der Waals surface area contributed by atoms with Crippen LogP contribution in [-0.2, 0) is 0 Å². The molecule has 0 spiro atoms. The topological polar surface area (TPSA) is 58.4 Å². The van der Waals surface area contributed by atoms with Crippen LogP contribution in [0.2, 0.25) is 0 Å². The number of halogens is 1. The number of carbonyl (C=O) groups is 1. The van der Waals surface area contributed by atoms with Gasteiger partial charge in [0, 0.05) is 43.4 Å². The lowest BCUT2D eigenvalue weighted by molar-refractivity contribution is 0.0949. The molecule has 1 aromatic carbocycles. The summed E-state index contributed by atoms with van der Waals surface area (Å²) in [6.07, 6.45) is 0. The van der Waals surface area contributed by atoms with E-state index < -0.39 is 5.82 Å². The molecule has 19 heavy (non-hydrogen) atoms. The number of nitrogens with two attached hydrogens (primary N) is 1. The van der Waals surface area contributed by atoms with E-state index in [2.05, 4.69) is 10.2 Å². The number of nitrogens with zero attached hydrogens (tertiary/aromatic N) is 1. The fourth-order valence-electron chi connectivity index (χ4n) is 1.97. The highest BCUT2D eigenvalue weighted by molar-refractivity contribution is 7.99. The van der Waals surface area contributed by atoms with Gasteiger partial charge in [-0.15, -0.1) is 0 Å². The summed E-state index contributed by atoms with van der Waals surface area (Å²) in [5, 5.41) is 2.78. The minimum absolute atomic E-state index is 0.203. The molecule has 104 valence electrons. The number of benzene rings is 1. The average Bonchev–Trinajstić information content (AvgIpc) is 2.42. The second kappa shape index (κ2) is 6.77. The Bertz CT molecular complexity index is 450. The Hall–Kier alpha value is -1.27. The second-order valence-corrected chi connectivity index (χ2v) is 5.67. The Kier molecular flexibility index (Phi) is 5.04. The Labute approximate surface area is 116 Å². The maximum absolute atomic E-state index is 13.1. The Morgan fingerprint density at radius 1 is 1.42 bits per heavy atom. The van der Waals surface area contributed by atoms with Crippen LogP contribution in [0.3, 0.4) is 0 Å². The van der Waals surface area contributed by atoms with E-state index in [-0.39, 0.29) is 11.5 Å². The van der Waals surface area contributed by atoms with Crippen LogP contribution in [0.4, 0.5) is 10.1 Å². The molecule has 0 saturated carbocycles. The first-order valence-corrected chi connectivity index (χ1v) is 7.45. The minimum Gasteiger partial charge on any atom is -0.398 e. The highest BCUT2D eigenvalue weighted by Crippen LogP contribution is 2.13. The first kappa shape index (κ1) is 14.1. The molecule has 0 aliphatic carbocycles. The van der Waals surface area contributed by atoms with E-state index in [1.54, 1.807) is 0 Å². The van der Waals surface area contributed by atoms with Gasteiger partial charge in [0.2, 0.25) is 0 Å². The van der Waals surface area contributed by atoms with Gasteiger partial charge < -0.3 is 11.1 Å². The number of amides is 1. The Morgan fingerprint density at radius 3 is 2.89 bits per heavy atom. The maximum Gasteiger partial charge on any atom is 0.253 e. The second-order valence-electron chi connectivity index (χ2n) is 4.44. The molecule has 6 heteroatoms. The van der Waals surface area contributed by atoms with Crippen molar-refractivity contribution in [1.29, 1.82) is 0 Å². The molecule has 1 aliphatic rings. The van der Waals surface area contributed by atoms with Crippen molar-refractivity contribution >= 4 is 23.4 Å². The molecule has 2 rings (SSSR count). The lowest BCUT2D eigenvalue weighted by Crippen LogP contribution is -2.39. The van der Waals surface area contributed by atoms with Crippen LogP contribution < -0.4 is 11.1 Å². The Morgan fingerprint density at radius 2 is 2.16 bits per heavy atom. The number of anilines is 1. The predicted molar refractivity (Wildman–Crippen MR) is 76.9 cm³/mol. The van der Waals surface area contributed by atoms with E-state index in [9.17, 15) is 9.18 Å². The van der Waals surface area contributed by atoms with Crippen LogP contribution in [0.5, 0.6) is 0 Å². The number of nitrogen functional groups attached to an aromatic ring is 1. The first-order valence-electron chi connectivity index (χ1n) is 6.30. The lowest BCUT2D eigenvalue weighted by atomic mass is 10.1. The molecule has 3 N–H and O–H groups in total. The SMILES string of the molecule is Nc1ccc(F)cc1C(=O)NCCN1CCSCC1. The fourth-order valence-corrected chi connectivity index (χ4v) is 2.95. The van der Waals surface area contributed by atoms with Gasteiger partial charge in [-0.2, -0.15) is 11.8 Å². The normalized spacial score (nSPS) is 16.3. The molecular weight excluding hydrogens is 265 g/mol. The smallest absolute Gasteiger partial charge is 0.253 e. The van der Waals surface area contributed by atoms with E-state index in [0.29, 0.717) is 12.2 Å². The van der Waals surface area contributed by atoms with Gasteiger partial charge >= 0.3 is 0 Å². The number of rotatable bonds is 4. The van der Waals surface area contributed by atoms with Crippen molar-refractivity contribution in [2.75, 3.05) is 43.4 Å². The number of hydrogen-bond donors (Lipinski definition) is 2. The van der Waals surface area contributed by atoms with Gasteiger partial charge in [0.1, 0.15) is 5.82 Å². The summed E-state index contributed by atoms with van der Waals surface area (Å²) < 4.78 is 13.1. The molecule has 0 unspecified atom stereocenters. The van der Waals surface area contributed by atoms with Crippen molar-refractivity contribution in [2.45, 2.75) is 0 Å². The van der Waals surface area contributed by atoms with Crippen molar-refractivity contribution in [1.82, 2.24) is 10.2 Å². The third kappa shape index (κ3) is 4.11. The van der Waals surface area contributed by atoms with Gasteiger partial charge in [-0.25, -0.2) is 4.39 Å². The number of nitrogens with one attached hydrogen (secondary N) is 1. The van der Waals surface area contributed by atoms with Crippen molar-refractivity contribution in [3.05, 3.63) is 29.6 Å². The summed E-state index contributed by atoms with van der Waals surface area (Å²) in [5.74, 6) is 1.52. The molecule has 1 heterocycles. The summed E-state index contributed by atoms with van der Waals surface area (Å²) in [6, 6.07) is 3.83. The van der Waals surface area contributed by atoms with E-state index in [0.717, 1.165) is 31.1 Å². The van der Waals surface area contributed by atoms with Crippen molar-refractivity contribution < 1.29 is 9.18 Å². The average molecular weight is 283 g/mol. The van der Waals surface area contributed by atoms with E-state index in [4.69, 9.17) is 5.73 Å². The molecule has 1 fully saturated rings. The molecule has 0 radical (unpaired) electrons. The molecule has 0 atom stereocenters. The molecule has 1 aromatic rings. The van der Waals surface area contributed by atoms with Crippen LogP contribution in [0.1, 0.15) is 10.4 Å². The van der Waals surface area contributed by atoms with Gasteiger partial charge in [-0.1, -0.05) is 0 Å². The zero-order valence-electron chi connectivity index (χ0n) is 10.7. The molecule has 1 saturated heterocycles. The summed E-state index contributed by atoms with van der Waals surface area (Å²) in [4.78, 5) is 14.2. The first-order chi connectivity index (χ1) is 9.16. The fraction of sp³-hybridized carbons (Fsp3) is 0.462. The van der Waals surface area contributed by atoms with Gasteiger partial charge in [-0.05, 0) is 18.2 Å². The summed E-state index contributed by atoms with van der Waals surface area (Å²) >= 11 is 1.95. The third-order valence-electron chi connectivity index (χ3n) is 3.08. The van der Waals surface area contributed by atoms with Crippen LogP contribution in [0.25, 0.3) is 0 Å². The van der Waals surface area contributed by atoms with Gasteiger partial charge in [0.15, 0.2) is 0 Å². The highest BCUT2D eigenvalue weighted by atomic mass is 32.2. The largest absolute Gasteiger partial charge is 0.398 e. The quantitative estimate of drug-likeness (QED) is 0.815. The molecular formula is C13H18FN3OS. The van der Waals surface area contributed by atoms with E-state index in [1.165, 1.54) is 18.2 Å². The Balaban J connectivity index is 1.82. The molecule has 1 aliphatic heterocycles. The van der Waals surface area contributed by atoms with Crippen LogP contribution >= 0.6 is 11.8 Å². The van der Waals surface area contributed by atoms with E-state index in [1.807, 2.05) is 11.8 Å². The van der Waals surface area contributed by atoms with Crippen molar-refractivity contribution in [3.63, 3.8) is 0 Å². The highest BCUT2D eigenvalue weighted by Gasteiger charge is 2.12. The van der Waals surface area contributed by atoms with Gasteiger partial charge in [-0.3, -0.25) is 9.69 Å². The monoisotopic (exact) mass is 283 g/mol. The molecule has 4 nitrogen and oxygen atoms in total. The van der Waals surface area contributed by atoms with Gasteiger partial charge in [0.05, 0.1) is 5.56 Å². The van der Waals surface area contributed by atoms with Crippen molar-refractivity contribution in [3.8, 4) is 0 Å². The van der Waals surface area contributed by atoms with E-state index >= 15 is 0 Å². The molecule has 0 aromatic heterocycles. The molecule has 1 amide bonds.